The highest BCUT2D eigenvalue weighted by Crippen LogP contribution is 2.36. The zero-order valence-corrected chi connectivity index (χ0v) is 16.7. The van der Waals surface area contributed by atoms with Crippen LogP contribution in [0.3, 0.4) is 0 Å². The molecule has 1 aromatic heterocycles. The van der Waals surface area contributed by atoms with Crippen LogP contribution in [-0.4, -0.2) is 10.8 Å². The molecule has 2 aromatic carbocycles. The molecule has 0 saturated carbocycles. The van der Waals surface area contributed by atoms with Crippen LogP contribution in [0.2, 0.25) is 10.0 Å². The molecule has 1 N–H and O–H groups in total. The van der Waals surface area contributed by atoms with Crippen LogP contribution in [0.1, 0.15) is 25.2 Å². The van der Waals surface area contributed by atoms with Gasteiger partial charge >= 0.3 is 0 Å². The number of fused-ring (bicyclic) bond motifs is 3. The summed E-state index contributed by atoms with van der Waals surface area (Å²) in [6, 6.07) is 7.28. The minimum absolute atomic E-state index is 0.204. The Hall–Kier alpha value is -1.40. The van der Waals surface area contributed by atoms with Gasteiger partial charge in [-0.05, 0) is 30.3 Å². The lowest BCUT2D eigenvalue weighted by atomic mass is 10.1. The van der Waals surface area contributed by atoms with E-state index in [0.717, 1.165) is 29.7 Å². The number of benzene rings is 2. The maximum absolute atomic E-state index is 13.5. The van der Waals surface area contributed by atoms with Crippen LogP contribution in [0, 0.1) is 5.82 Å². The van der Waals surface area contributed by atoms with Crippen molar-refractivity contribution >= 4 is 45.0 Å². The molecule has 0 amide bonds. The smallest absolute Gasteiger partial charge is 0.153 e. The molecule has 3 nitrogen and oxygen atoms in total. The third kappa shape index (κ3) is 3.67. The molecule has 26 heavy (non-hydrogen) atoms. The Kier molecular flexibility index (Phi) is 6.03. The van der Waals surface area contributed by atoms with E-state index in [4.69, 9.17) is 27.6 Å². The summed E-state index contributed by atoms with van der Waals surface area (Å²) in [5.41, 5.74) is 1.64. The third-order valence-corrected chi connectivity index (χ3v) is 5.83. The van der Waals surface area contributed by atoms with E-state index in [0.29, 0.717) is 26.9 Å². The normalized spacial score (nSPS) is 14.5. The Morgan fingerprint density at radius 1 is 1.12 bits per heavy atom. The quantitative estimate of drug-likeness (QED) is 0.584. The van der Waals surface area contributed by atoms with Crippen LogP contribution in [-0.2, 0) is 23.8 Å². The Morgan fingerprint density at radius 3 is 2.58 bits per heavy atom. The van der Waals surface area contributed by atoms with Crippen LogP contribution in [0.5, 0.6) is 0 Å². The van der Waals surface area contributed by atoms with Crippen molar-refractivity contribution in [3.63, 3.8) is 0 Å². The van der Waals surface area contributed by atoms with Gasteiger partial charge in [-0.25, -0.2) is 8.60 Å². The fraction of sp³-hybridized carbons (Fsp3) is 0.263. The first kappa shape index (κ1) is 19.4. The molecule has 0 spiro atoms. The van der Waals surface area contributed by atoms with Crippen molar-refractivity contribution in [1.29, 1.82) is 0 Å². The van der Waals surface area contributed by atoms with Gasteiger partial charge in [-0.15, -0.1) is 0 Å². The molecular weight excluding hydrogens is 396 g/mol. The van der Waals surface area contributed by atoms with Crippen molar-refractivity contribution in [3.8, 4) is 0 Å². The average molecular weight is 414 g/mol. The van der Waals surface area contributed by atoms with Crippen molar-refractivity contribution in [2.45, 2.75) is 36.6 Å². The summed E-state index contributed by atoms with van der Waals surface area (Å²) < 4.78 is 32.2. The highest BCUT2D eigenvalue weighted by Gasteiger charge is 2.21. The topological polar surface area (TPSA) is 42.2 Å². The molecule has 0 radical (unpaired) electrons. The number of rotatable bonds is 2. The largest absolute Gasteiger partial charge is 0.459 e. The van der Waals surface area contributed by atoms with Gasteiger partial charge < -0.3 is 9.73 Å². The van der Waals surface area contributed by atoms with E-state index in [-0.39, 0.29) is 5.02 Å². The molecule has 1 atom stereocenters. The Labute approximate surface area is 163 Å². The number of hydrogen-bond acceptors (Lipinski definition) is 3. The van der Waals surface area contributed by atoms with Crippen LogP contribution in [0.25, 0.3) is 11.0 Å². The fourth-order valence-electron chi connectivity index (χ4n) is 2.92. The monoisotopic (exact) mass is 413 g/mol. The van der Waals surface area contributed by atoms with E-state index < -0.39 is 16.6 Å². The minimum Gasteiger partial charge on any atom is -0.459 e. The lowest BCUT2D eigenvalue weighted by molar-refractivity contribution is 0.500. The molecule has 0 aliphatic carbocycles. The number of nitrogens with one attached hydrogen (secondary N) is 1. The van der Waals surface area contributed by atoms with Gasteiger partial charge in [-0.2, -0.15) is 0 Å². The Balaban J connectivity index is 0.000000948. The second kappa shape index (κ2) is 8.09. The van der Waals surface area contributed by atoms with Gasteiger partial charge in [-0.1, -0.05) is 37.0 Å². The van der Waals surface area contributed by atoms with Crippen molar-refractivity contribution < 1.29 is 13.0 Å². The molecular formula is C19H18Cl2FNO2S. The first-order valence-corrected chi connectivity index (χ1v) is 10.3. The summed E-state index contributed by atoms with van der Waals surface area (Å²) in [6.45, 7) is 5.53. The molecule has 1 unspecified atom stereocenters. The zero-order valence-electron chi connectivity index (χ0n) is 14.4. The van der Waals surface area contributed by atoms with Crippen molar-refractivity contribution in [2.75, 3.05) is 6.54 Å². The summed E-state index contributed by atoms with van der Waals surface area (Å²) in [4.78, 5) is 0.786. The summed E-state index contributed by atoms with van der Waals surface area (Å²) in [5, 5.41) is 4.73. The lowest BCUT2D eigenvalue weighted by Gasteiger charge is -2.11. The number of hydrogen-bond donors (Lipinski definition) is 1. The molecule has 0 fully saturated rings. The van der Waals surface area contributed by atoms with E-state index in [1.54, 1.807) is 12.1 Å². The van der Waals surface area contributed by atoms with Crippen LogP contribution in [0.15, 0.2) is 44.5 Å². The maximum atomic E-state index is 13.5. The van der Waals surface area contributed by atoms with Crippen LogP contribution < -0.4 is 5.32 Å². The van der Waals surface area contributed by atoms with Gasteiger partial charge in [0.15, 0.2) is 5.58 Å². The lowest BCUT2D eigenvalue weighted by Crippen LogP contribution is -2.22. The summed E-state index contributed by atoms with van der Waals surface area (Å²) >= 11 is 12.2. The van der Waals surface area contributed by atoms with Gasteiger partial charge in [0, 0.05) is 45.3 Å². The summed E-state index contributed by atoms with van der Waals surface area (Å²) in [7, 11) is -1.59. The third-order valence-electron chi connectivity index (χ3n) is 4.00. The Bertz CT molecular complexity index is 967. The van der Waals surface area contributed by atoms with E-state index in [1.165, 1.54) is 18.2 Å². The zero-order chi connectivity index (χ0) is 18.8. The molecule has 0 saturated heterocycles. The van der Waals surface area contributed by atoms with Crippen molar-refractivity contribution in [3.05, 3.63) is 57.5 Å². The standard InChI is InChI=1S/C17H12Cl2FNO2S.C2H6/c18-9-3-10(20)5-11(4-9)24(22)12-6-13-14-8-21-2-1-16(14)23-17(13)15(19)7-12;1-2/h3-7,21H,1-2,8H2;1-2H3. The highest BCUT2D eigenvalue weighted by molar-refractivity contribution is 7.85. The summed E-state index contributed by atoms with van der Waals surface area (Å²) in [6.07, 6.45) is 0.790. The van der Waals surface area contributed by atoms with Gasteiger partial charge in [0.25, 0.3) is 0 Å². The molecule has 138 valence electrons. The van der Waals surface area contributed by atoms with Crippen molar-refractivity contribution in [1.82, 2.24) is 5.32 Å². The molecule has 0 bridgehead atoms. The predicted molar refractivity (Wildman–Crippen MR) is 104 cm³/mol. The minimum atomic E-state index is -1.59. The first-order valence-electron chi connectivity index (χ1n) is 8.35. The molecule has 7 heteroatoms. The molecule has 3 aromatic rings. The average Bonchev–Trinajstić information content (AvgIpc) is 3.01. The number of furan rings is 1. The molecule has 2 heterocycles. The van der Waals surface area contributed by atoms with E-state index in [9.17, 15) is 8.60 Å². The van der Waals surface area contributed by atoms with Gasteiger partial charge in [0.1, 0.15) is 11.6 Å². The predicted octanol–water partition coefficient (Wildman–Crippen LogP) is 5.72. The van der Waals surface area contributed by atoms with Crippen molar-refractivity contribution in [2.24, 2.45) is 0 Å². The van der Waals surface area contributed by atoms with E-state index >= 15 is 0 Å². The SMILES string of the molecule is CC.O=S(c1cc(F)cc(Cl)c1)c1cc(Cl)c2oc3c(c2c1)CNCC3. The van der Waals surface area contributed by atoms with Crippen LogP contribution in [0.4, 0.5) is 4.39 Å². The maximum Gasteiger partial charge on any atom is 0.153 e. The molecule has 1 aliphatic heterocycles. The van der Waals surface area contributed by atoms with Gasteiger partial charge in [-0.3, -0.25) is 0 Å². The molecule has 4 rings (SSSR count). The van der Waals surface area contributed by atoms with E-state index in [1.807, 2.05) is 13.8 Å². The number of halogens is 3. The second-order valence-electron chi connectivity index (χ2n) is 5.59. The fourth-order valence-corrected chi connectivity index (χ4v) is 4.71. The highest BCUT2D eigenvalue weighted by atomic mass is 35.5. The molecule has 1 aliphatic rings. The van der Waals surface area contributed by atoms with Gasteiger partial charge in [0.05, 0.1) is 15.8 Å². The second-order valence-corrected chi connectivity index (χ2v) is 7.91. The van der Waals surface area contributed by atoms with Crippen LogP contribution >= 0.6 is 23.2 Å². The first-order chi connectivity index (χ1) is 12.5. The Morgan fingerprint density at radius 2 is 1.85 bits per heavy atom. The van der Waals surface area contributed by atoms with Gasteiger partial charge in [0.2, 0.25) is 0 Å². The van der Waals surface area contributed by atoms with E-state index in [2.05, 4.69) is 5.32 Å². The summed E-state index contributed by atoms with van der Waals surface area (Å²) in [5.74, 6) is 0.380.